The van der Waals surface area contributed by atoms with E-state index in [1.165, 1.54) is 11.9 Å². The van der Waals surface area contributed by atoms with Crippen molar-refractivity contribution in [2.24, 2.45) is 0 Å². The minimum absolute atomic E-state index is 0.549. The van der Waals surface area contributed by atoms with Crippen LogP contribution in [0.5, 0.6) is 0 Å². The second-order valence-electron chi connectivity index (χ2n) is 3.79. The number of hydrogen-bond acceptors (Lipinski definition) is 2. The third kappa shape index (κ3) is 1.55. The minimum Gasteiger partial charge on any atom is -0.241 e. The Morgan fingerprint density at radius 2 is 2.06 bits per heavy atom. The standard InChI is InChI=1S/C12H8BrClN2/c13-8-2-3-9-7(5-8)1-4-10-11(9)12(14)16-6-15-10/h2-3,5-6H,1,4H2. The summed E-state index contributed by atoms with van der Waals surface area (Å²) in [5, 5.41) is 0.549. The van der Waals surface area contributed by atoms with Gasteiger partial charge in [-0.3, -0.25) is 0 Å². The summed E-state index contributed by atoms with van der Waals surface area (Å²) >= 11 is 9.63. The molecule has 2 nitrogen and oxygen atoms in total. The average Bonchev–Trinajstić information content (AvgIpc) is 2.29. The Morgan fingerprint density at radius 3 is 2.94 bits per heavy atom. The van der Waals surface area contributed by atoms with Gasteiger partial charge in [0.15, 0.2) is 0 Å². The molecule has 1 aromatic heterocycles. The number of benzene rings is 1. The molecule has 0 amide bonds. The van der Waals surface area contributed by atoms with Gasteiger partial charge in [0.05, 0.1) is 5.69 Å². The molecule has 1 aliphatic rings. The molecule has 0 N–H and O–H groups in total. The van der Waals surface area contributed by atoms with E-state index in [9.17, 15) is 0 Å². The molecule has 2 aromatic rings. The Kier molecular flexibility index (Phi) is 2.45. The van der Waals surface area contributed by atoms with Crippen LogP contribution in [0.2, 0.25) is 5.15 Å². The van der Waals surface area contributed by atoms with E-state index in [1.807, 2.05) is 6.07 Å². The lowest BCUT2D eigenvalue weighted by molar-refractivity contribution is 0.882. The van der Waals surface area contributed by atoms with Gasteiger partial charge in [-0.05, 0) is 36.1 Å². The van der Waals surface area contributed by atoms with Crippen molar-refractivity contribution >= 4 is 27.5 Å². The SMILES string of the molecule is Clc1ncnc2c1-c1ccc(Br)cc1CC2. The molecule has 1 heterocycles. The third-order valence-electron chi connectivity index (χ3n) is 2.85. The van der Waals surface area contributed by atoms with Crippen molar-refractivity contribution in [2.45, 2.75) is 12.8 Å². The second-order valence-corrected chi connectivity index (χ2v) is 5.06. The molecular weight excluding hydrogens is 288 g/mol. The van der Waals surface area contributed by atoms with Gasteiger partial charge in [-0.25, -0.2) is 9.97 Å². The zero-order chi connectivity index (χ0) is 11.1. The molecule has 4 heteroatoms. The maximum atomic E-state index is 6.15. The summed E-state index contributed by atoms with van der Waals surface area (Å²) in [7, 11) is 0. The molecule has 3 rings (SSSR count). The zero-order valence-electron chi connectivity index (χ0n) is 8.37. The molecule has 0 bridgehead atoms. The number of halogens is 2. The Labute approximate surface area is 107 Å². The number of hydrogen-bond donors (Lipinski definition) is 0. The number of fused-ring (bicyclic) bond motifs is 3. The summed E-state index contributed by atoms with van der Waals surface area (Å²) in [5.74, 6) is 0. The van der Waals surface area contributed by atoms with Crippen LogP contribution in [0.4, 0.5) is 0 Å². The molecule has 0 fully saturated rings. The van der Waals surface area contributed by atoms with Crippen LogP contribution in [0.3, 0.4) is 0 Å². The largest absolute Gasteiger partial charge is 0.241 e. The highest BCUT2D eigenvalue weighted by molar-refractivity contribution is 9.10. The fourth-order valence-electron chi connectivity index (χ4n) is 2.12. The van der Waals surface area contributed by atoms with Crippen molar-refractivity contribution in [3.8, 4) is 11.1 Å². The Balaban J connectivity index is 2.30. The molecule has 0 radical (unpaired) electrons. The lowest BCUT2D eigenvalue weighted by atomic mass is 9.89. The molecule has 0 saturated heterocycles. The van der Waals surface area contributed by atoms with E-state index in [1.54, 1.807) is 0 Å². The average molecular weight is 296 g/mol. The minimum atomic E-state index is 0.549. The quantitative estimate of drug-likeness (QED) is 0.693. The predicted octanol–water partition coefficient (Wildman–Crippen LogP) is 3.66. The van der Waals surface area contributed by atoms with Gasteiger partial charge in [0, 0.05) is 10.0 Å². The second kappa shape index (κ2) is 3.82. The number of aromatic nitrogens is 2. The molecule has 0 saturated carbocycles. The summed E-state index contributed by atoms with van der Waals surface area (Å²) in [6, 6.07) is 6.24. The lowest BCUT2D eigenvalue weighted by Gasteiger charge is -2.19. The predicted molar refractivity (Wildman–Crippen MR) is 67.6 cm³/mol. The first-order chi connectivity index (χ1) is 7.75. The molecule has 1 aliphatic carbocycles. The first-order valence-electron chi connectivity index (χ1n) is 5.04. The smallest absolute Gasteiger partial charge is 0.140 e. The van der Waals surface area contributed by atoms with E-state index in [2.05, 4.69) is 38.0 Å². The van der Waals surface area contributed by atoms with Crippen LogP contribution >= 0.6 is 27.5 Å². The van der Waals surface area contributed by atoms with Crippen molar-refractivity contribution in [3.05, 3.63) is 45.4 Å². The molecule has 0 aliphatic heterocycles. The lowest BCUT2D eigenvalue weighted by Crippen LogP contribution is -2.07. The van der Waals surface area contributed by atoms with Crippen LogP contribution in [0.25, 0.3) is 11.1 Å². The van der Waals surface area contributed by atoms with Gasteiger partial charge in [0.25, 0.3) is 0 Å². The van der Waals surface area contributed by atoms with Crippen LogP contribution in [0.1, 0.15) is 11.3 Å². The number of rotatable bonds is 0. The van der Waals surface area contributed by atoms with Crippen molar-refractivity contribution in [1.29, 1.82) is 0 Å². The zero-order valence-corrected chi connectivity index (χ0v) is 10.7. The topological polar surface area (TPSA) is 25.8 Å². The van der Waals surface area contributed by atoms with Gasteiger partial charge in [-0.15, -0.1) is 0 Å². The molecule has 16 heavy (non-hydrogen) atoms. The Morgan fingerprint density at radius 1 is 1.19 bits per heavy atom. The normalized spacial score (nSPS) is 13.1. The maximum Gasteiger partial charge on any atom is 0.140 e. The number of aryl methyl sites for hydroxylation is 2. The van der Waals surface area contributed by atoms with Crippen LogP contribution in [-0.4, -0.2) is 9.97 Å². The first kappa shape index (κ1) is 10.2. The molecule has 1 aromatic carbocycles. The highest BCUT2D eigenvalue weighted by Gasteiger charge is 2.20. The fraction of sp³-hybridized carbons (Fsp3) is 0.167. The van der Waals surface area contributed by atoms with E-state index in [4.69, 9.17) is 11.6 Å². The fourth-order valence-corrected chi connectivity index (χ4v) is 2.78. The summed E-state index contributed by atoms with van der Waals surface area (Å²) in [5.41, 5.74) is 4.52. The van der Waals surface area contributed by atoms with Crippen LogP contribution < -0.4 is 0 Å². The summed E-state index contributed by atoms with van der Waals surface area (Å²) in [4.78, 5) is 8.35. The highest BCUT2D eigenvalue weighted by Crippen LogP contribution is 2.37. The Bertz CT molecular complexity index is 569. The van der Waals surface area contributed by atoms with E-state index in [0.717, 1.165) is 34.1 Å². The molecular formula is C12H8BrClN2. The van der Waals surface area contributed by atoms with Crippen LogP contribution in [-0.2, 0) is 12.8 Å². The summed E-state index contributed by atoms with van der Waals surface area (Å²) < 4.78 is 1.10. The van der Waals surface area contributed by atoms with Crippen molar-refractivity contribution in [3.63, 3.8) is 0 Å². The van der Waals surface area contributed by atoms with Gasteiger partial charge >= 0.3 is 0 Å². The monoisotopic (exact) mass is 294 g/mol. The van der Waals surface area contributed by atoms with E-state index < -0.39 is 0 Å². The summed E-state index contributed by atoms with van der Waals surface area (Å²) in [6.07, 6.45) is 3.47. The van der Waals surface area contributed by atoms with E-state index in [-0.39, 0.29) is 0 Å². The Hall–Kier alpha value is -0.930. The molecule has 0 spiro atoms. The molecule has 0 atom stereocenters. The van der Waals surface area contributed by atoms with Crippen molar-refractivity contribution in [1.82, 2.24) is 9.97 Å². The van der Waals surface area contributed by atoms with Crippen LogP contribution in [0.15, 0.2) is 29.0 Å². The van der Waals surface area contributed by atoms with Gasteiger partial charge in [0.1, 0.15) is 11.5 Å². The van der Waals surface area contributed by atoms with Crippen molar-refractivity contribution < 1.29 is 0 Å². The maximum absolute atomic E-state index is 6.15. The first-order valence-corrected chi connectivity index (χ1v) is 6.21. The van der Waals surface area contributed by atoms with Gasteiger partial charge in [-0.2, -0.15) is 0 Å². The number of nitrogens with zero attached hydrogens (tertiary/aromatic N) is 2. The van der Waals surface area contributed by atoms with Gasteiger partial charge in [0.2, 0.25) is 0 Å². The van der Waals surface area contributed by atoms with Gasteiger partial charge < -0.3 is 0 Å². The molecule has 80 valence electrons. The summed E-state index contributed by atoms with van der Waals surface area (Å²) in [6.45, 7) is 0. The van der Waals surface area contributed by atoms with E-state index in [0.29, 0.717) is 5.15 Å². The van der Waals surface area contributed by atoms with Crippen LogP contribution in [0, 0.1) is 0 Å². The van der Waals surface area contributed by atoms with Crippen molar-refractivity contribution in [2.75, 3.05) is 0 Å². The third-order valence-corrected chi connectivity index (χ3v) is 3.63. The van der Waals surface area contributed by atoms with E-state index >= 15 is 0 Å². The van der Waals surface area contributed by atoms with Gasteiger partial charge in [-0.1, -0.05) is 33.6 Å². The highest BCUT2D eigenvalue weighted by atomic mass is 79.9. The molecule has 0 unspecified atom stereocenters.